The van der Waals surface area contributed by atoms with E-state index < -0.39 is 0 Å². The van der Waals surface area contributed by atoms with Crippen LogP contribution in [-0.4, -0.2) is 14.9 Å². The number of hydrogen-bond acceptors (Lipinski definition) is 2. The molecule has 0 unspecified atom stereocenters. The minimum Gasteiger partial charge on any atom is -0.492 e. The van der Waals surface area contributed by atoms with Crippen LogP contribution in [0.2, 0.25) is 0 Å². The molecule has 2 rings (SSSR count). The van der Waals surface area contributed by atoms with Gasteiger partial charge in [0, 0.05) is 12.7 Å². The number of aryl methyl sites for hydroxylation is 1. The van der Waals surface area contributed by atoms with Crippen LogP contribution in [0.4, 0.5) is 0 Å². The summed E-state index contributed by atoms with van der Waals surface area (Å²) < 4.78 is 1.77. The summed E-state index contributed by atoms with van der Waals surface area (Å²) in [4.78, 5) is 0. The Bertz CT molecular complexity index is 474. The molecular formula is C13H16N2O. The topological polar surface area (TPSA) is 38.1 Å². The van der Waals surface area contributed by atoms with Crippen LogP contribution in [0.3, 0.4) is 0 Å². The van der Waals surface area contributed by atoms with Gasteiger partial charge in [0.15, 0.2) is 0 Å². The smallest absolute Gasteiger partial charge is 0.238 e. The van der Waals surface area contributed by atoms with Crippen LogP contribution < -0.4 is 0 Å². The van der Waals surface area contributed by atoms with Gasteiger partial charge in [0.05, 0.1) is 5.56 Å². The van der Waals surface area contributed by atoms with Gasteiger partial charge in [0.2, 0.25) is 5.88 Å². The fraction of sp³-hybridized carbons (Fsp3) is 0.308. The third-order valence-electron chi connectivity index (χ3n) is 2.70. The van der Waals surface area contributed by atoms with Crippen LogP contribution >= 0.6 is 0 Å². The number of aromatic hydroxyl groups is 1. The number of benzene rings is 1. The molecule has 0 amide bonds. The van der Waals surface area contributed by atoms with E-state index in [0.29, 0.717) is 0 Å². The Morgan fingerprint density at radius 1 is 1.25 bits per heavy atom. The number of nitrogens with zero attached hydrogens (tertiary/aromatic N) is 2. The van der Waals surface area contributed by atoms with Crippen molar-refractivity contribution in [3.63, 3.8) is 0 Å². The van der Waals surface area contributed by atoms with Crippen LogP contribution in [-0.2, 0) is 13.5 Å². The predicted molar refractivity (Wildman–Crippen MR) is 64.3 cm³/mol. The molecule has 1 heterocycles. The molecule has 3 nitrogen and oxygen atoms in total. The summed E-state index contributed by atoms with van der Waals surface area (Å²) >= 11 is 0. The Balaban J connectivity index is 2.55. The molecule has 0 aliphatic heterocycles. The van der Waals surface area contributed by atoms with E-state index >= 15 is 0 Å². The predicted octanol–water partition coefficient (Wildman–Crippen LogP) is 2.75. The summed E-state index contributed by atoms with van der Waals surface area (Å²) in [6.45, 7) is 2.12. The summed E-state index contributed by atoms with van der Waals surface area (Å²) in [6, 6.07) is 9.90. The second-order valence-corrected chi connectivity index (χ2v) is 3.88. The first kappa shape index (κ1) is 10.7. The molecule has 1 aromatic carbocycles. The molecule has 0 bridgehead atoms. The van der Waals surface area contributed by atoms with Crippen molar-refractivity contribution < 1.29 is 5.11 Å². The molecule has 84 valence electrons. The largest absolute Gasteiger partial charge is 0.492 e. The van der Waals surface area contributed by atoms with E-state index in [1.54, 1.807) is 4.68 Å². The molecule has 16 heavy (non-hydrogen) atoms. The van der Waals surface area contributed by atoms with E-state index in [2.05, 4.69) is 12.0 Å². The highest BCUT2D eigenvalue weighted by Gasteiger charge is 2.15. The monoisotopic (exact) mass is 216 g/mol. The molecule has 2 aromatic rings. The zero-order valence-electron chi connectivity index (χ0n) is 9.64. The average Bonchev–Trinajstić information content (AvgIpc) is 2.56. The van der Waals surface area contributed by atoms with Crippen molar-refractivity contribution in [2.45, 2.75) is 19.8 Å². The van der Waals surface area contributed by atoms with Gasteiger partial charge in [0.1, 0.15) is 0 Å². The maximum Gasteiger partial charge on any atom is 0.238 e. The number of aromatic nitrogens is 2. The van der Waals surface area contributed by atoms with Gasteiger partial charge in [-0.2, -0.15) is 0 Å². The molecule has 0 aliphatic carbocycles. The summed E-state index contributed by atoms with van der Waals surface area (Å²) in [5.41, 5.74) is 2.98. The minimum atomic E-state index is 0.122. The van der Waals surface area contributed by atoms with Crippen molar-refractivity contribution in [2.24, 2.45) is 7.05 Å². The molecular weight excluding hydrogens is 200 g/mol. The summed E-state index contributed by atoms with van der Waals surface area (Å²) in [5.74, 6) is 0.122. The number of rotatable bonds is 3. The van der Waals surface area contributed by atoms with Gasteiger partial charge < -0.3 is 5.11 Å². The van der Waals surface area contributed by atoms with Crippen molar-refractivity contribution in [3.8, 4) is 17.0 Å². The first-order valence-electron chi connectivity index (χ1n) is 5.54. The zero-order chi connectivity index (χ0) is 11.5. The molecule has 1 aromatic heterocycles. The van der Waals surface area contributed by atoms with Gasteiger partial charge in [-0.05, 0) is 12.0 Å². The molecule has 0 aliphatic rings. The lowest BCUT2D eigenvalue weighted by Crippen LogP contribution is -1.98. The fourth-order valence-electron chi connectivity index (χ4n) is 1.97. The van der Waals surface area contributed by atoms with Crippen molar-refractivity contribution in [2.75, 3.05) is 0 Å². The van der Waals surface area contributed by atoms with Gasteiger partial charge in [-0.15, -0.1) is 5.10 Å². The van der Waals surface area contributed by atoms with Crippen LogP contribution in [0.25, 0.3) is 11.1 Å². The van der Waals surface area contributed by atoms with Gasteiger partial charge >= 0.3 is 0 Å². The fourth-order valence-corrected chi connectivity index (χ4v) is 1.97. The molecule has 0 radical (unpaired) electrons. The van der Waals surface area contributed by atoms with Crippen LogP contribution in [0.5, 0.6) is 5.88 Å². The Kier molecular flexibility index (Phi) is 2.95. The summed E-state index contributed by atoms with van der Waals surface area (Å²) in [7, 11) is 1.87. The third-order valence-corrected chi connectivity index (χ3v) is 2.70. The number of hydrogen-bond donors (Lipinski definition) is 1. The minimum absolute atomic E-state index is 0.122. The molecule has 0 fully saturated rings. The van der Waals surface area contributed by atoms with E-state index in [4.69, 9.17) is 0 Å². The summed E-state index contributed by atoms with van der Waals surface area (Å²) in [5, 5.41) is 13.9. The maximum absolute atomic E-state index is 9.86. The lowest BCUT2D eigenvalue weighted by atomic mass is 10.0. The van der Waals surface area contributed by atoms with Crippen molar-refractivity contribution in [1.82, 2.24) is 9.78 Å². The van der Waals surface area contributed by atoms with E-state index in [0.717, 1.165) is 29.7 Å². The van der Waals surface area contributed by atoms with E-state index in [9.17, 15) is 5.11 Å². The third kappa shape index (κ3) is 1.81. The SMILES string of the molecule is CCCc1c(-c2ccccc2)c(O)nn1C. The van der Waals surface area contributed by atoms with E-state index in [1.807, 2.05) is 37.4 Å². The van der Waals surface area contributed by atoms with Gasteiger partial charge in [-0.1, -0.05) is 43.7 Å². The molecule has 0 saturated carbocycles. The average molecular weight is 216 g/mol. The summed E-state index contributed by atoms with van der Waals surface area (Å²) in [6.07, 6.45) is 1.97. The van der Waals surface area contributed by atoms with Crippen LogP contribution in [0.1, 0.15) is 19.0 Å². The lowest BCUT2D eigenvalue weighted by molar-refractivity contribution is 0.445. The molecule has 1 N–H and O–H groups in total. The first-order valence-corrected chi connectivity index (χ1v) is 5.54. The molecule has 0 saturated heterocycles. The van der Waals surface area contributed by atoms with E-state index in [-0.39, 0.29) is 5.88 Å². The molecule has 3 heteroatoms. The standard InChI is InChI=1S/C13H16N2O/c1-3-7-11-12(13(16)14-15(11)2)10-8-5-4-6-9-10/h4-6,8-9H,3,7H2,1-2H3,(H,14,16). The Morgan fingerprint density at radius 3 is 2.56 bits per heavy atom. The van der Waals surface area contributed by atoms with Crippen molar-refractivity contribution >= 4 is 0 Å². The highest BCUT2D eigenvalue weighted by molar-refractivity contribution is 5.71. The second kappa shape index (κ2) is 4.39. The normalized spacial score (nSPS) is 10.6. The molecule has 0 spiro atoms. The second-order valence-electron chi connectivity index (χ2n) is 3.88. The zero-order valence-corrected chi connectivity index (χ0v) is 9.64. The van der Waals surface area contributed by atoms with Gasteiger partial charge in [-0.3, -0.25) is 4.68 Å². The molecule has 0 atom stereocenters. The highest BCUT2D eigenvalue weighted by Crippen LogP contribution is 2.32. The Hall–Kier alpha value is -1.77. The van der Waals surface area contributed by atoms with Crippen molar-refractivity contribution in [3.05, 3.63) is 36.0 Å². The highest BCUT2D eigenvalue weighted by atomic mass is 16.3. The van der Waals surface area contributed by atoms with Gasteiger partial charge in [-0.25, -0.2) is 0 Å². The quantitative estimate of drug-likeness (QED) is 0.856. The first-order chi connectivity index (χ1) is 7.74. The Labute approximate surface area is 95.3 Å². The van der Waals surface area contributed by atoms with Crippen molar-refractivity contribution in [1.29, 1.82) is 0 Å². The Morgan fingerprint density at radius 2 is 1.94 bits per heavy atom. The van der Waals surface area contributed by atoms with E-state index in [1.165, 1.54) is 0 Å². The van der Waals surface area contributed by atoms with Gasteiger partial charge in [0.25, 0.3) is 0 Å². The lowest BCUT2D eigenvalue weighted by Gasteiger charge is -2.04. The maximum atomic E-state index is 9.86. The van der Waals surface area contributed by atoms with Crippen LogP contribution in [0.15, 0.2) is 30.3 Å². The van der Waals surface area contributed by atoms with Crippen LogP contribution in [0, 0.1) is 0 Å².